The number of hydrogen-bond acceptors (Lipinski definition) is 4. The van der Waals surface area contributed by atoms with Gasteiger partial charge in [0.25, 0.3) is 0 Å². The van der Waals surface area contributed by atoms with E-state index in [0.29, 0.717) is 0 Å². The van der Waals surface area contributed by atoms with E-state index in [0.717, 1.165) is 0 Å². The normalized spacial score (nSPS) is 11.5. The van der Waals surface area contributed by atoms with Crippen LogP contribution in [0, 0.1) is 5.82 Å². The molecule has 0 aromatic heterocycles. The lowest BCUT2D eigenvalue weighted by molar-refractivity contribution is 0.110. The highest BCUT2D eigenvalue weighted by Crippen LogP contribution is 2.23. The Kier molecular flexibility index (Phi) is 6.14. The zero-order valence-corrected chi connectivity index (χ0v) is 11.6. The molecule has 0 saturated carbocycles. The zero-order chi connectivity index (χ0) is 13.6. The van der Waals surface area contributed by atoms with E-state index in [1.54, 1.807) is 6.07 Å². The minimum absolute atomic E-state index is 0.0241. The third kappa shape index (κ3) is 5.86. The Morgan fingerprint density at radius 2 is 1.94 bits per heavy atom. The van der Waals surface area contributed by atoms with Crippen molar-refractivity contribution in [2.45, 2.75) is 0 Å². The maximum Gasteiger partial charge on any atom is 0.234 e. The van der Waals surface area contributed by atoms with Gasteiger partial charge in [-0.1, -0.05) is 17.7 Å². The average Bonchev–Trinajstić information content (AvgIpc) is 2.27. The second kappa shape index (κ2) is 7.13. The van der Waals surface area contributed by atoms with Crippen LogP contribution in [0.4, 0.5) is 4.39 Å². The number of hydrogen-bond donors (Lipinski definition) is 0. The predicted molar refractivity (Wildman–Crippen MR) is 67.4 cm³/mol. The summed E-state index contributed by atoms with van der Waals surface area (Å²) in [6.45, 7) is 0.172. The van der Waals surface area contributed by atoms with Gasteiger partial charge in [0.15, 0.2) is 11.6 Å². The molecule has 1 aromatic carbocycles. The molecule has 0 radical (unpaired) electrons. The van der Waals surface area contributed by atoms with Gasteiger partial charge in [-0.05, 0) is 12.1 Å². The van der Waals surface area contributed by atoms with E-state index < -0.39 is 14.9 Å². The number of ether oxygens (including phenoxy) is 2. The van der Waals surface area contributed by atoms with Crippen molar-refractivity contribution in [3.63, 3.8) is 0 Å². The number of benzene rings is 1. The third-order valence-corrected chi connectivity index (χ3v) is 3.28. The molecule has 0 N–H and O–H groups in total. The lowest BCUT2D eigenvalue weighted by Crippen LogP contribution is -2.12. The molecule has 0 heterocycles. The molecule has 0 unspecified atom stereocenters. The maximum absolute atomic E-state index is 13.3. The summed E-state index contributed by atoms with van der Waals surface area (Å²) in [5.74, 6) is -0.890. The van der Waals surface area contributed by atoms with Crippen LogP contribution in [0.2, 0.25) is 5.02 Å². The first kappa shape index (κ1) is 15.5. The van der Waals surface area contributed by atoms with Crippen molar-refractivity contribution in [1.82, 2.24) is 0 Å². The van der Waals surface area contributed by atoms with E-state index >= 15 is 0 Å². The molecule has 1 rings (SSSR count). The Hall–Kier alpha value is -0.560. The van der Waals surface area contributed by atoms with Crippen molar-refractivity contribution in [2.75, 3.05) is 25.6 Å². The van der Waals surface area contributed by atoms with Crippen molar-refractivity contribution < 1.29 is 22.3 Å². The highest BCUT2D eigenvalue weighted by molar-refractivity contribution is 8.13. The first-order valence-electron chi connectivity index (χ1n) is 4.97. The number of rotatable bonds is 7. The summed E-state index contributed by atoms with van der Waals surface area (Å²) < 4.78 is 44.5. The molecule has 0 bridgehead atoms. The van der Waals surface area contributed by atoms with Gasteiger partial charge in [0.05, 0.1) is 24.0 Å². The number of halogens is 3. The summed E-state index contributed by atoms with van der Waals surface area (Å²) in [7, 11) is 1.43. The Morgan fingerprint density at radius 3 is 2.61 bits per heavy atom. The van der Waals surface area contributed by atoms with Crippen LogP contribution in [0.25, 0.3) is 0 Å². The molecule has 0 aliphatic carbocycles. The van der Waals surface area contributed by atoms with Crippen molar-refractivity contribution >= 4 is 31.3 Å². The smallest absolute Gasteiger partial charge is 0.234 e. The van der Waals surface area contributed by atoms with Crippen LogP contribution in [0.1, 0.15) is 0 Å². The summed E-state index contributed by atoms with van der Waals surface area (Å²) in [4.78, 5) is 0. The van der Waals surface area contributed by atoms with E-state index in [1.165, 1.54) is 12.1 Å². The zero-order valence-electron chi connectivity index (χ0n) is 9.24. The summed E-state index contributed by atoms with van der Waals surface area (Å²) in [6, 6.07) is 4.40. The van der Waals surface area contributed by atoms with Gasteiger partial charge in [-0.25, -0.2) is 12.8 Å². The van der Waals surface area contributed by atoms with Crippen molar-refractivity contribution in [2.24, 2.45) is 0 Å². The summed E-state index contributed by atoms with van der Waals surface area (Å²) in [6.07, 6.45) is 0. The molecular weight excluding hydrogens is 306 g/mol. The van der Waals surface area contributed by atoms with Crippen LogP contribution < -0.4 is 4.74 Å². The second-order valence-electron chi connectivity index (χ2n) is 3.26. The molecule has 0 fully saturated rings. The standard InChI is InChI=1S/C10H11Cl2FO4S/c11-8-2-1-3-9(10(8)13)17-5-4-16-6-7-18(12,14)15/h1-3H,4-7H2. The summed E-state index contributed by atoms with van der Waals surface area (Å²) >= 11 is 5.56. The van der Waals surface area contributed by atoms with Gasteiger partial charge >= 0.3 is 0 Å². The van der Waals surface area contributed by atoms with Crippen molar-refractivity contribution in [1.29, 1.82) is 0 Å². The Bertz CT molecular complexity index is 493. The average molecular weight is 317 g/mol. The first-order valence-corrected chi connectivity index (χ1v) is 7.82. The van der Waals surface area contributed by atoms with E-state index in [2.05, 4.69) is 0 Å². The van der Waals surface area contributed by atoms with Crippen LogP contribution in [0.3, 0.4) is 0 Å². The van der Waals surface area contributed by atoms with Gasteiger partial charge < -0.3 is 9.47 Å². The van der Waals surface area contributed by atoms with E-state index in [4.69, 9.17) is 31.8 Å². The third-order valence-electron chi connectivity index (χ3n) is 1.87. The minimum atomic E-state index is -3.55. The van der Waals surface area contributed by atoms with Gasteiger partial charge in [0, 0.05) is 10.7 Å². The van der Waals surface area contributed by atoms with Crippen LogP contribution in [0.15, 0.2) is 18.2 Å². The van der Waals surface area contributed by atoms with E-state index in [-0.39, 0.29) is 36.3 Å². The van der Waals surface area contributed by atoms with Crippen molar-refractivity contribution in [3.05, 3.63) is 29.0 Å². The fraction of sp³-hybridized carbons (Fsp3) is 0.400. The van der Waals surface area contributed by atoms with Gasteiger partial charge in [0.2, 0.25) is 9.05 Å². The van der Waals surface area contributed by atoms with Crippen LogP contribution in [-0.4, -0.2) is 34.0 Å². The molecule has 0 amide bonds. The molecule has 0 aliphatic heterocycles. The van der Waals surface area contributed by atoms with Gasteiger partial charge in [-0.3, -0.25) is 0 Å². The maximum atomic E-state index is 13.3. The van der Waals surface area contributed by atoms with Crippen LogP contribution >= 0.6 is 22.3 Å². The lowest BCUT2D eigenvalue weighted by Gasteiger charge is -2.08. The largest absolute Gasteiger partial charge is 0.488 e. The molecule has 4 nitrogen and oxygen atoms in total. The molecule has 102 valence electrons. The second-order valence-corrected chi connectivity index (χ2v) is 6.56. The van der Waals surface area contributed by atoms with Gasteiger partial charge in [0.1, 0.15) is 6.61 Å². The highest BCUT2D eigenvalue weighted by atomic mass is 35.7. The van der Waals surface area contributed by atoms with Crippen molar-refractivity contribution in [3.8, 4) is 5.75 Å². The fourth-order valence-corrected chi connectivity index (χ4v) is 1.74. The lowest BCUT2D eigenvalue weighted by atomic mass is 10.3. The molecule has 1 aromatic rings. The Labute approximate surface area is 114 Å². The molecule has 8 heteroatoms. The predicted octanol–water partition coefficient (Wildman–Crippen LogP) is 2.44. The first-order chi connectivity index (χ1) is 8.40. The van der Waals surface area contributed by atoms with Gasteiger partial charge in [-0.15, -0.1) is 0 Å². The summed E-state index contributed by atoms with van der Waals surface area (Å²) in [5, 5.41) is -0.0262. The Balaban J connectivity index is 2.24. The molecule has 0 atom stereocenters. The van der Waals surface area contributed by atoms with Gasteiger partial charge in [-0.2, -0.15) is 0 Å². The molecule has 0 saturated heterocycles. The fourth-order valence-electron chi connectivity index (χ4n) is 1.07. The molecular formula is C10H11Cl2FO4S. The van der Waals surface area contributed by atoms with Crippen LogP contribution in [-0.2, 0) is 13.8 Å². The van der Waals surface area contributed by atoms with E-state index in [1.807, 2.05) is 0 Å². The monoisotopic (exact) mass is 316 g/mol. The molecule has 18 heavy (non-hydrogen) atoms. The minimum Gasteiger partial charge on any atom is -0.488 e. The highest BCUT2D eigenvalue weighted by Gasteiger charge is 2.07. The SMILES string of the molecule is O=S(=O)(Cl)CCOCCOc1cccc(Cl)c1F. The summed E-state index contributed by atoms with van der Waals surface area (Å²) in [5.41, 5.74) is 0. The van der Waals surface area contributed by atoms with E-state index in [9.17, 15) is 12.8 Å². The molecule has 0 aliphatic rings. The van der Waals surface area contributed by atoms with Crippen LogP contribution in [0.5, 0.6) is 5.75 Å². The quantitative estimate of drug-likeness (QED) is 0.572. The topological polar surface area (TPSA) is 52.6 Å². The molecule has 0 spiro atoms. The Morgan fingerprint density at radius 1 is 1.22 bits per heavy atom.